The van der Waals surface area contributed by atoms with Gasteiger partial charge in [0.25, 0.3) is 21.8 Å². The molecule has 0 saturated carbocycles. The Balaban J connectivity index is 1.27. The number of carbonyl (C=O) groups is 2. The molecule has 1 aromatic heterocycles. The Hall–Kier alpha value is -4.38. The quantitative estimate of drug-likeness (QED) is 0.417. The number of nitrogens with one attached hydrogen (secondary N) is 1. The predicted octanol–water partition coefficient (Wildman–Crippen LogP) is 3.91. The van der Waals surface area contributed by atoms with Crippen LogP contribution in [-0.2, 0) is 10.0 Å². The second-order valence-electron chi connectivity index (χ2n) is 8.70. The molecule has 2 heterocycles. The highest BCUT2D eigenvalue weighted by Crippen LogP contribution is 2.25. The Morgan fingerprint density at radius 2 is 1.47 bits per heavy atom. The molecule has 1 aliphatic rings. The first-order valence-corrected chi connectivity index (χ1v) is 13.2. The van der Waals surface area contributed by atoms with Crippen LogP contribution in [0.1, 0.15) is 20.7 Å². The fourth-order valence-corrected chi connectivity index (χ4v) is 5.57. The van der Waals surface area contributed by atoms with Gasteiger partial charge in [0.05, 0.1) is 16.8 Å². The maximum atomic E-state index is 14.9. The summed E-state index contributed by atoms with van der Waals surface area (Å²) in [7, 11) is -4.17. The lowest BCUT2D eigenvalue weighted by Gasteiger charge is -2.35. The molecule has 0 unspecified atom stereocenters. The molecule has 0 spiro atoms. The van der Waals surface area contributed by atoms with Gasteiger partial charge in [-0.25, -0.2) is 17.2 Å². The Kier molecular flexibility index (Phi) is 6.77. The largest absolute Gasteiger partial charge is 0.335 e. The summed E-state index contributed by atoms with van der Waals surface area (Å²) in [6.45, 7) is 0.753. The molecule has 0 atom stereocenters. The fourth-order valence-electron chi connectivity index (χ4n) is 4.32. The number of sulfonamides is 1. The van der Waals surface area contributed by atoms with Crippen molar-refractivity contribution in [2.75, 3.05) is 30.9 Å². The highest BCUT2D eigenvalue weighted by atomic mass is 32.2. The van der Waals surface area contributed by atoms with Gasteiger partial charge in [0.15, 0.2) is 0 Å². The number of benzene rings is 3. The number of hydrogen-bond acceptors (Lipinski definition) is 5. The molecule has 194 valence electrons. The van der Waals surface area contributed by atoms with E-state index in [0.717, 1.165) is 6.07 Å². The number of pyridine rings is 1. The summed E-state index contributed by atoms with van der Waals surface area (Å²) in [5.74, 6) is -2.45. The molecule has 1 saturated heterocycles. The molecule has 38 heavy (non-hydrogen) atoms. The topological polar surface area (TPSA) is 99.7 Å². The number of halogens is 2. The molecule has 0 radical (unpaired) electrons. The number of hydrogen-bond donors (Lipinski definition) is 1. The van der Waals surface area contributed by atoms with Gasteiger partial charge in [-0.1, -0.05) is 30.3 Å². The van der Waals surface area contributed by atoms with Crippen LogP contribution in [0.4, 0.5) is 14.5 Å². The SMILES string of the molecule is O=C(c1ccc(NS(=O)(=O)c2cccc3cccnc23)c(F)c1)N1CCN(C(=O)c2ccccc2F)CC1. The van der Waals surface area contributed by atoms with E-state index in [0.29, 0.717) is 5.39 Å². The smallest absolute Gasteiger partial charge is 0.264 e. The van der Waals surface area contributed by atoms with Crippen molar-refractivity contribution in [2.45, 2.75) is 4.90 Å². The van der Waals surface area contributed by atoms with Crippen molar-refractivity contribution >= 4 is 38.4 Å². The maximum Gasteiger partial charge on any atom is 0.264 e. The number of piperazine rings is 1. The average Bonchev–Trinajstić information content (AvgIpc) is 2.93. The number of rotatable bonds is 5. The molecule has 0 aliphatic carbocycles. The normalized spacial score (nSPS) is 13.9. The fraction of sp³-hybridized carbons (Fsp3) is 0.148. The average molecular weight is 537 g/mol. The Morgan fingerprint density at radius 1 is 0.789 bits per heavy atom. The first-order chi connectivity index (χ1) is 18.2. The third-order valence-corrected chi connectivity index (χ3v) is 7.70. The van der Waals surface area contributed by atoms with Gasteiger partial charge in [-0.15, -0.1) is 0 Å². The summed E-state index contributed by atoms with van der Waals surface area (Å²) in [6.07, 6.45) is 1.47. The summed E-state index contributed by atoms with van der Waals surface area (Å²) in [5.41, 5.74) is -0.0602. The Labute approximate surface area is 217 Å². The van der Waals surface area contributed by atoms with Gasteiger partial charge in [0.1, 0.15) is 16.5 Å². The third-order valence-electron chi connectivity index (χ3n) is 6.30. The van der Waals surface area contributed by atoms with E-state index in [4.69, 9.17) is 0 Å². The van der Waals surface area contributed by atoms with Crippen LogP contribution in [0.2, 0.25) is 0 Å². The number of amides is 2. The third kappa shape index (κ3) is 4.92. The molecule has 3 aromatic carbocycles. The van der Waals surface area contributed by atoms with E-state index in [1.165, 1.54) is 52.4 Å². The van der Waals surface area contributed by atoms with Crippen LogP contribution < -0.4 is 4.72 Å². The van der Waals surface area contributed by atoms with Crippen LogP contribution in [0.5, 0.6) is 0 Å². The van der Waals surface area contributed by atoms with Crippen LogP contribution in [0.25, 0.3) is 10.9 Å². The standard InChI is InChI=1S/C27H22F2N4O4S/c28-21-8-2-1-7-20(21)27(35)33-15-13-32(14-16-33)26(34)19-10-11-23(22(29)17-19)31-38(36,37)24-9-3-5-18-6-4-12-30-25(18)24/h1-12,17,31H,13-16H2. The van der Waals surface area contributed by atoms with Crippen LogP contribution in [0.3, 0.4) is 0 Å². The van der Waals surface area contributed by atoms with E-state index >= 15 is 0 Å². The minimum absolute atomic E-state index is 0.0335. The Morgan fingerprint density at radius 3 is 2.18 bits per heavy atom. The minimum Gasteiger partial charge on any atom is -0.335 e. The number of para-hydroxylation sites is 1. The summed E-state index contributed by atoms with van der Waals surface area (Å²) < 4.78 is 57.1. The first kappa shape index (κ1) is 25.3. The summed E-state index contributed by atoms with van der Waals surface area (Å²) >= 11 is 0. The van der Waals surface area contributed by atoms with Gasteiger partial charge in [0, 0.05) is 43.3 Å². The number of anilines is 1. The molecule has 5 rings (SSSR count). The Bertz CT molecular complexity index is 1650. The van der Waals surface area contributed by atoms with Crippen LogP contribution >= 0.6 is 0 Å². The summed E-state index contributed by atoms with van der Waals surface area (Å²) in [6, 6.07) is 17.3. The molecule has 4 aromatic rings. The van der Waals surface area contributed by atoms with Gasteiger partial charge in [0.2, 0.25) is 0 Å². The number of carbonyl (C=O) groups excluding carboxylic acids is 2. The second kappa shape index (κ2) is 10.2. The lowest BCUT2D eigenvalue weighted by atomic mass is 10.1. The van der Waals surface area contributed by atoms with Gasteiger partial charge in [-0.05, 0) is 42.5 Å². The minimum atomic E-state index is -4.17. The van der Waals surface area contributed by atoms with E-state index in [-0.39, 0.29) is 53.4 Å². The van der Waals surface area contributed by atoms with Crippen molar-refractivity contribution in [3.63, 3.8) is 0 Å². The highest BCUT2D eigenvalue weighted by Gasteiger charge is 2.27. The maximum absolute atomic E-state index is 14.9. The second-order valence-corrected chi connectivity index (χ2v) is 10.3. The lowest BCUT2D eigenvalue weighted by Crippen LogP contribution is -2.50. The molecular formula is C27H22F2N4O4S. The van der Waals surface area contributed by atoms with Crippen LogP contribution in [0, 0.1) is 11.6 Å². The molecule has 11 heteroatoms. The molecular weight excluding hydrogens is 514 g/mol. The zero-order valence-electron chi connectivity index (χ0n) is 20.0. The number of fused-ring (bicyclic) bond motifs is 1. The van der Waals surface area contributed by atoms with Crippen molar-refractivity contribution in [1.29, 1.82) is 0 Å². The van der Waals surface area contributed by atoms with Gasteiger partial charge < -0.3 is 9.80 Å². The van der Waals surface area contributed by atoms with Crippen LogP contribution in [-0.4, -0.2) is 61.2 Å². The van der Waals surface area contributed by atoms with E-state index in [2.05, 4.69) is 9.71 Å². The number of nitrogens with zero attached hydrogens (tertiary/aromatic N) is 3. The zero-order chi connectivity index (χ0) is 26.9. The van der Waals surface area contributed by atoms with E-state index in [1.807, 2.05) is 0 Å². The summed E-state index contributed by atoms with van der Waals surface area (Å²) in [4.78, 5) is 32.5. The van der Waals surface area contributed by atoms with E-state index in [1.54, 1.807) is 30.3 Å². The van der Waals surface area contributed by atoms with Crippen molar-refractivity contribution < 1.29 is 26.8 Å². The molecule has 8 nitrogen and oxygen atoms in total. The van der Waals surface area contributed by atoms with Gasteiger partial charge in [-0.3, -0.25) is 19.3 Å². The molecule has 1 aliphatic heterocycles. The zero-order valence-corrected chi connectivity index (χ0v) is 20.8. The molecule has 1 N–H and O–H groups in total. The monoisotopic (exact) mass is 536 g/mol. The van der Waals surface area contributed by atoms with Gasteiger partial charge >= 0.3 is 0 Å². The van der Waals surface area contributed by atoms with E-state index < -0.39 is 33.5 Å². The van der Waals surface area contributed by atoms with Crippen LogP contribution in [0.15, 0.2) is 83.9 Å². The number of aromatic nitrogens is 1. The highest BCUT2D eigenvalue weighted by molar-refractivity contribution is 7.93. The van der Waals surface area contributed by atoms with Gasteiger partial charge in [-0.2, -0.15) is 0 Å². The first-order valence-electron chi connectivity index (χ1n) is 11.7. The lowest BCUT2D eigenvalue weighted by molar-refractivity contribution is 0.0532. The molecule has 2 amide bonds. The van der Waals surface area contributed by atoms with Crippen molar-refractivity contribution in [2.24, 2.45) is 0 Å². The van der Waals surface area contributed by atoms with Crippen molar-refractivity contribution in [3.05, 3.63) is 102 Å². The van der Waals surface area contributed by atoms with E-state index in [9.17, 15) is 26.8 Å². The molecule has 0 bridgehead atoms. The van der Waals surface area contributed by atoms with Crippen molar-refractivity contribution in [3.8, 4) is 0 Å². The predicted molar refractivity (Wildman–Crippen MR) is 137 cm³/mol. The summed E-state index contributed by atoms with van der Waals surface area (Å²) in [5, 5.41) is 0.618. The molecule has 1 fully saturated rings. The van der Waals surface area contributed by atoms with Crippen molar-refractivity contribution in [1.82, 2.24) is 14.8 Å².